The minimum absolute atomic E-state index is 0.159. The molecule has 0 radical (unpaired) electrons. The van der Waals surface area contributed by atoms with Crippen LogP contribution in [-0.4, -0.2) is 43.7 Å². The molecular formula is C11H22N2O2. The number of nitrogens with zero attached hydrogens (tertiary/aromatic N) is 1. The van der Waals surface area contributed by atoms with Crippen LogP contribution in [-0.2, 0) is 9.53 Å². The number of likely N-dealkylation sites (tertiary alicyclic amines) is 1. The highest BCUT2D eigenvalue weighted by Crippen LogP contribution is 2.13. The molecule has 0 aromatic heterocycles. The third kappa shape index (κ3) is 3.80. The fourth-order valence-electron chi connectivity index (χ4n) is 1.96. The minimum Gasteiger partial charge on any atom is -0.372 e. The molecule has 1 atom stereocenters. The summed E-state index contributed by atoms with van der Waals surface area (Å²) in [5.41, 5.74) is 5.42. The minimum atomic E-state index is -0.255. The van der Waals surface area contributed by atoms with Crippen molar-refractivity contribution in [3.8, 4) is 0 Å². The topological polar surface area (TPSA) is 55.6 Å². The van der Waals surface area contributed by atoms with Crippen molar-refractivity contribution < 1.29 is 9.53 Å². The standard InChI is InChI=1S/C11H22N2O2/c1-15-10(6-2-3-7-12)11(14)13-8-4-5-9-13/h10H,2-9,12H2,1H3. The summed E-state index contributed by atoms with van der Waals surface area (Å²) in [6, 6.07) is 0. The van der Waals surface area contributed by atoms with E-state index in [1.165, 1.54) is 0 Å². The molecule has 88 valence electrons. The van der Waals surface area contributed by atoms with Crippen LogP contribution in [0.25, 0.3) is 0 Å². The van der Waals surface area contributed by atoms with Crippen molar-refractivity contribution in [2.45, 2.75) is 38.2 Å². The summed E-state index contributed by atoms with van der Waals surface area (Å²) in [6.45, 7) is 2.49. The molecule has 4 nitrogen and oxygen atoms in total. The van der Waals surface area contributed by atoms with Crippen molar-refractivity contribution in [2.75, 3.05) is 26.7 Å². The molecule has 1 heterocycles. The number of carbonyl (C=O) groups excluding carboxylic acids is 1. The summed E-state index contributed by atoms with van der Waals surface area (Å²) in [4.78, 5) is 13.9. The van der Waals surface area contributed by atoms with Crippen molar-refractivity contribution in [3.05, 3.63) is 0 Å². The molecule has 1 unspecified atom stereocenters. The van der Waals surface area contributed by atoms with Gasteiger partial charge >= 0.3 is 0 Å². The molecule has 1 amide bonds. The van der Waals surface area contributed by atoms with Crippen LogP contribution in [0.4, 0.5) is 0 Å². The van der Waals surface area contributed by atoms with Crippen LogP contribution in [0, 0.1) is 0 Å². The molecule has 0 aliphatic carbocycles. The molecule has 1 aliphatic rings. The number of nitrogens with two attached hydrogens (primary N) is 1. The van der Waals surface area contributed by atoms with Crippen LogP contribution in [0.1, 0.15) is 32.1 Å². The summed E-state index contributed by atoms with van der Waals surface area (Å²) >= 11 is 0. The average Bonchev–Trinajstić information content (AvgIpc) is 2.77. The first-order valence-electron chi connectivity index (χ1n) is 5.81. The summed E-state index contributed by atoms with van der Waals surface area (Å²) in [5.74, 6) is 0.159. The number of methoxy groups -OCH3 is 1. The lowest BCUT2D eigenvalue weighted by Crippen LogP contribution is -2.38. The molecule has 0 saturated carbocycles. The second-order valence-electron chi connectivity index (χ2n) is 4.04. The number of ether oxygens (including phenoxy) is 1. The summed E-state index contributed by atoms with van der Waals surface area (Å²) in [7, 11) is 1.61. The van der Waals surface area contributed by atoms with Gasteiger partial charge in [0.15, 0.2) is 0 Å². The summed E-state index contributed by atoms with van der Waals surface area (Å²) in [5, 5.41) is 0. The lowest BCUT2D eigenvalue weighted by atomic mass is 10.1. The Morgan fingerprint density at radius 2 is 2.07 bits per heavy atom. The Bertz CT molecular complexity index is 191. The van der Waals surface area contributed by atoms with Crippen molar-refractivity contribution in [2.24, 2.45) is 5.73 Å². The van der Waals surface area contributed by atoms with Crippen molar-refractivity contribution in [1.29, 1.82) is 0 Å². The van der Waals surface area contributed by atoms with Gasteiger partial charge in [0.2, 0.25) is 0 Å². The Labute approximate surface area is 91.8 Å². The van der Waals surface area contributed by atoms with Gasteiger partial charge in [-0.15, -0.1) is 0 Å². The predicted octanol–water partition coefficient (Wildman–Crippen LogP) is 0.753. The Morgan fingerprint density at radius 1 is 1.40 bits per heavy atom. The highest BCUT2D eigenvalue weighted by molar-refractivity contribution is 5.81. The SMILES string of the molecule is COC(CCCCN)C(=O)N1CCCC1. The highest BCUT2D eigenvalue weighted by Gasteiger charge is 2.25. The van der Waals surface area contributed by atoms with Crippen molar-refractivity contribution in [1.82, 2.24) is 4.90 Å². The molecule has 0 spiro atoms. The van der Waals surface area contributed by atoms with Gasteiger partial charge < -0.3 is 15.4 Å². The van der Waals surface area contributed by atoms with Crippen LogP contribution in [0.2, 0.25) is 0 Å². The molecule has 4 heteroatoms. The summed E-state index contributed by atoms with van der Waals surface area (Å²) < 4.78 is 5.24. The lowest BCUT2D eigenvalue weighted by molar-refractivity contribution is -0.141. The van der Waals surface area contributed by atoms with E-state index in [-0.39, 0.29) is 12.0 Å². The van der Waals surface area contributed by atoms with Crippen molar-refractivity contribution >= 4 is 5.91 Å². The fourth-order valence-corrected chi connectivity index (χ4v) is 1.96. The van der Waals surface area contributed by atoms with Gasteiger partial charge in [0.1, 0.15) is 6.10 Å². The molecule has 2 N–H and O–H groups in total. The number of carbonyl (C=O) groups is 1. The van der Waals surface area contributed by atoms with Gasteiger partial charge in [-0.3, -0.25) is 4.79 Å². The Hall–Kier alpha value is -0.610. The van der Waals surface area contributed by atoms with Crippen LogP contribution < -0.4 is 5.73 Å². The highest BCUT2D eigenvalue weighted by atomic mass is 16.5. The fraction of sp³-hybridized carbons (Fsp3) is 0.909. The molecule has 0 aromatic carbocycles. The van der Waals surface area contributed by atoms with Crippen molar-refractivity contribution in [3.63, 3.8) is 0 Å². The van der Waals surface area contributed by atoms with E-state index in [4.69, 9.17) is 10.5 Å². The third-order valence-corrected chi connectivity index (χ3v) is 2.90. The maximum atomic E-state index is 11.9. The van der Waals surface area contributed by atoms with Gasteiger partial charge in [0.25, 0.3) is 5.91 Å². The van der Waals surface area contributed by atoms with Gasteiger partial charge in [-0.1, -0.05) is 0 Å². The predicted molar refractivity (Wildman–Crippen MR) is 59.5 cm³/mol. The van der Waals surface area contributed by atoms with E-state index in [1.807, 2.05) is 4.90 Å². The van der Waals surface area contributed by atoms with E-state index in [2.05, 4.69) is 0 Å². The largest absolute Gasteiger partial charge is 0.372 e. The molecule has 0 aromatic rings. The molecule has 1 saturated heterocycles. The van der Waals surface area contributed by atoms with Gasteiger partial charge in [-0.05, 0) is 38.6 Å². The zero-order chi connectivity index (χ0) is 11.1. The normalized spacial score (nSPS) is 18.1. The quantitative estimate of drug-likeness (QED) is 0.664. The van der Waals surface area contributed by atoms with Crippen LogP contribution in [0.5, 0.6) is 0 Å². The Morgan fingerprint density at radius 3 is 2.60 bits per heavy atom. The number of amides is 1. The molecule has 15 heavy (non-hydrogen) atoms. The smallest absolute Gasteiger partial charge is 0.251 e. The number of unbranched alkanes of at least 4 members (excludes halogenated alkanes) is 1. The molecule has 1 rings (SSSR count). The maximum Gasteiger partial charge on any atom is 0.251 e. The Balaban J connectivity index is 2.32. The molecule has 1 aliphatic heterocycles. The number of hydrogen-bond donors (Lipinski definition) is 1. The Kier molecular flexibility index (Phi) is 5.65. The monoisotopic (exact) mass is 214 g/mol. The van der Waals surface area contributed by atoms with E-state index < -0.39 is 0 Å². The van der Waals surface area contributed by atoms with Crippen LogP contribution >= 0.6 is 0 Å². The summed E-state index contributed by atoms with van der Waals surface area (Å²) in [6.07, 6.45) is 4.73. The first-order valence-corrected chi connectivity index (χ1v) is 5.81. The first-order chi connectivity index (χ1) is 7.29. The van der Waals surface area contributed by atoms with Crippen LogP contribution in [0.15, 0.2) is 0 Å². The van der Waals surface area contributed by atoms with E-state index in [9.17, 15) is 4.79 Å². The van der Waals surface area contributed by atoms with E-state index >= 15 is 0 Å². The molecular weight excluding hydrogens is 192 g/mol. The molecule has 1 fully saturated rings. The zero-order valence-electron chi connectivity index (χ0n) is 9.58. The van der Waals surface area contributed by atoms with Gasteiger partial charge in [-0.2, -0.15) is 0 Å². The number of hydrogen-bond acceptors (Lipinski definition) is 3. The van der Waals surface area contributed by atoms with E-state index in [0.717, 1.165) is 45.2 Å². The third-order valence-electron chi connectivity index (χ3n) is 2.90. The zero-order valence-corrected chi connectivity index (χ0v) is 9.58. The second-order valence-corrected chi connectivity index (χ2v) is 4.04. The van der Waals surface area contributed by atoms with E-state index in [1.54, 1.807) is 7.11 Å². The maximum absolute atomic E-state index is 11.9. The average molecular weight is 214 g/mol. The second kappa shape index (κ2) is 6.80. The van der Waals surface area contributed by atoms with Gasteiger partial charge in [0, 0.05) is 20.2 Å². The van der Waals surface area contributed by atoms with Gasteiger partial charge in [-0.25, -0.2) is 0 Å². The van der Waals surface area contributed by atoms with Crippen LogP contribution in [0.3, 0.4) is 0 Å². The van der Waals surface area contributed by atoms with Gasteiger partial charge in [0.05, 0.1) is 0 Å². The van der Waals surface area contributed by atoms with E-state index in [0.29, 0.717) is 6.54 Å². The molecule has 0 bridgehead atoms. The number of rotatable bonds is 6. The first kappa shape index (κ1) is 12.5. The lowest BCUT2D eigenvalue weighted by Gasteiger charge is -2.21.